The lowest BCUT2D eigenvalue weighted by atomic mass is 10.1. The van der Waals surface area contributed by atoms with Gasteiger partial charge in [-0.15, -0.1) is 0 Å². The Hall–Kier alpha value is -1.78. The molecule has 0 radical (unpaired) electrons. The van der Waals surface area contributed by atoms with E-state index in [-0.39, 0.29) is 5.84 Å². The second kappa shape index (κ2) is 4.61. The molecule has 5 nitrogen and oxygen atoms in total. The van der Waals surface area contributed by atoms with Crippen molar-refractivity contribution in [3.8, 4) is 0 Å². The Labute approximate surface area is 101 Å². The minimum absolute atomic E-state index is 0.136. The smallest absolute Gasteiger partial charge is 0.174 e. The molecule has 1 aliphatic heterocycles. The standard InChI is InChI=1S/C12H18N4O/c1-8-7-9(2)14-12(10(8)11(13)15-17)16-5-3-4-6-16/h7,17H,3-6H2,1-2H3,(H2,13,15). The van der Waals surface area contributed by atoms with E-state index in [0.29, 0.717) is 0 Å². The van der Waals surface area contributed by atoms with Crippen molar-refractivity contribution in [3.63, 3.8) is 0 Å². The van der Waals surface area contributed by atoms with Gasteiger partial charge in [-0.2, -0.15) is 0 Å². The normalized spacial score (nSPS) is 16.6. The van der Waals surface area contributed by atoms with Crippen molar-refractivity contribution in [2.45, 2.75) is 26.7 Å². The molecule has 3 N–H and O–H groups in total. The second-order valence-corrected chi connectivity index (χ2v) is 4.46. The van der Waals surface area contributed by atoms with Crippen molar-refractivity contribution in [1.29, 1.82) is 0 Å². The van der Waals surface area contributed by atoms with Crippen LogP contribution in [-0.2, 0) is 0 Å². The van der Waals surface area contributed by atoms with Gasteiger partial charge in [0, 0.05) is 18.8 Å². The predicted octanol–water partition coefficient (Wildman–Crippen LogP) is 1.39. The Balaban J connectivity index is 2.54. The van der Waals surface area contributed by atoms with Crippen LogP contribution in [0.15, 0.2) is 11.2 Å². The van der Waals surface area contributed by atoms with E-state index in [1.165, 1.54) is 12.8 Å². The van der Waals surface area contributed by atoms with Crippen LogP contribution in [-0.4, -0.2) is 29.1 Å². The topological polar surface area (TPSA) is 74.7 Å². The van der Waals surface area contributed by atoms with E-state index in [4.69, 9.17) is 10.9 Å². The summed E-state index contributed by atoms with van der Waals surface area (Å²) in [6, 6.07) is 1.95. The largest absolute Gasteiger partial charge is 0.409 e. The number of aromatic nitrogens is 1. The number of nitrogens with two attached hydrogens (primary N) is 1. The van der Waals surface area contributed by atoms with Crippen LogP contribution in [0.4, 0.5) is 5.82 Å². The summed E-state index contributed by atoms with van der Waals surface area (Å²) in [7, 11) is 0. The molecule has 0 aliphatic carbocycles. The minimum Gasteiger partial charge on any atom is -0.409 e. The first-order valence-corrected chi connectivity index (χ1v) is 5.84. The quantitative estimate of drug-likeness (QED) is 0.351. The lowest BCUT2D eigenvalue weighted by Gasteiger charge is -2.21. The van der Waals surface area contributed by atoms with Crippen molar-refractivity contribution in [2.75, 3.05) is 18.0 Å². The summed E-state index contributed by atoms with van der Waals surface area (Å²) in [6.45, 7) is 5.90. The number of hydrogen-bond donors (Lipinski definition) is 2. The molecule has 0 amide bonds. The summed E-state index contributed by atoms with van der Waals surface area (Å²) in [4.78, 5) is 6.74. The Morgan fingerprint density at radius 2 is 2.06 bits per heavy atom. The molecule has 5 heteroatoms. The molecule has 0 aromatic carbocycles. The van der Waals surface area contributed by atoms with Crippen LogP contribution in [0.1, 0.15) is 29.7 Å². The summed E-state index contributed by atoms with van der Waals surface area (Å²) < 4.78 is 0. The number of anilines is 1. The highest BCUT2D eigenvalue weighted by Crippen LogP contribution is 2.25. The SMILES string of the molecule is Cc1cc(C)c(/C(N)=N/O)c(N2CCCC2)n1. The van der Waals surface area contributed by atoms with E-state index in [0.717, 1.165) is 35.7 Å². The first kappa shape index (κ1) is 11.7. The van der Waals surface area contributed by atoms with Crippen LogP contribution in [0.3, 0.4) is 0 Å². The predicted molar refractivity (Wildman–Crippen MR) is 67.7 cm³/mol. The zero-order valence-electron chi connectivity index (χ0n) is 10.3. The Morgan fingerprint density at radius 3 is 2.65 bits per heavy atom. The molecular formula is C12H18N4O. The van der Waals surface area contributed by atoms with E-state index in [2.05, 4.69) is 15.0 Å². The van der Waals surface area contributed by atoms with Gasteiger partial charge in [0.2, 0.25) is 0 Å². The second-order valence-electron chi connectivity index (χ2n) is 4.46. The molecule has 2 heterocycles. The number of aryl methyl sites for hydroxylation is 2. The summed E-state index contributed by atoms with van der Waals surface area (Å²) in [5, 5.41) is 12.0. The summed E-state index contributed by atoms with van der Waals surface area (Å²) >= 11 is 0. The monoisotopic (exact) mass is 234 g/mol. The van der Waals surface area contributed by atoms with Crippen LogP contribution < -0.4 is 10.6 Å². The Bertz CT molecular complexity index is 450. The number of hydrogen-bond acceptors (Lipinski definition) is 4. The Kier molecular flexibility index (Phi) is 3.17. The van der Waals surface area contributed by atoms with Crippen molar-refractivity contribution < 1.29 is 5.21 Å². The van der Waals surface area contributed by atoms with E-state index in [1.807, 2.05) is 19.9 Å². The average molecular weight is 234 g/mol. The van der Waals surface area contributed by atoms with Gasteiger partial charge in [-0.25, -0.2) is 4.98 Å². The molecule has 17 heavy (non-hydrogen) atoms. The highest BCUT2D eigenvalue weighted by Gasteiger charge is 2.21. The van der Waals surface area contributed by atoms with Crippen LogP contribution in [0.25, 0.3) is 0 Å². The lowest BCUT2D eigenvalue weighted by Crippen LogP contribution is -2.26. The molecule has 0 bridgehead atoms. The van der Waals surface area contributed by atoms with Crippen molar-refractivity contribution in [3.05, 3.63) is 22.9 Å². The fourth-order valence-electron chi connectivity index (χ4n) is 2.34. The molecule has 1 aromatic rings. The molecule has 0 unspecified atom stereocenters. The lowest BCUT2D eigenvalue weighted by molar-refractivity contribution is 0.318. The summed E-state index contributed by atoms with van der Waals surface area (Å²) in [5.41, 5.74) is 8.45. The molecule has 2 rings (SSSR count). The van der Waals surface area contributed by atoms with E-state index >= 15 is 0 Å². The molecule has 1 aliphatic rings. The average Bonchev–Trinajstić information content (AvgIpc) is 2.80. The van der Waals surface area contributed by atoms with Gasteiger partial charge in [0.1, 0.15) is 5.82 Å². The van der Waals surface area contributed by atoms with Gasteiger partial charge in [0.15, 0.2) is 5.84 Å². The minimum atomic E-state index is 0.136. The van der Waals surface area contributed by atoms with Gasteiger partial charge < -0.3 is 15.8 Å². The Morgan fingerprint density at radius 1 is 1.41 bits per heavy atom. The van der Waals surface area contributed by atoms with Crippen molar-refractivity contribution in [2.24, 2.45) is 10.9 Å². The van der Waals surface area contributed by atoms with Crippen LogP contribution in [0, 0.1) is 13.8 Å². The molecule has 0 atom stereocenters. The zero-order chi connectivity index (χ0) is 12.4. The molecule has 1 aromatic heterocycles. The fourth-order valence-corrected chi connectivity index (χ4v) is 2.34. The first-order chi connectivity index (χ1) is 8.13. The van der Waals surface area contributed by atoms with Gasteiger partial charge in [0.05, 0.1) is 5.56 Å². The maximum atomic E-state index is 8.87. The third-order valence-electron chi connectivity index (χ3n) is 3.10. The number of pyridine rings is 1. The van der Waals surface area contributed by atoms with Gasteiger partial charge in [-0.05, 0) is 38.3 Å². The first-order valence-electron chi connectivity index (χ1n) is 5.84. The molecule has 0 spiro atoms. The summed E-state index contributed by atoms with van der Waals surface area (Å²) in [6.07, 6.45) is 2.34. The molecular weight excluding hydrogens is 216 g/mol. The van der Waals surface area contributed by atoms with Crippen molar-refractivity contribution >= 4 is 11.7 Å². The van der Waals surface area contributed by atoms with E-state index < -0.39 is 0 Å². The van der Waals surface area contributed by atoms with Gasteiger partial charge in [-0.1, -0.05) is 5.16 Å². The van der Waals surface area contributed by atoms with Crippen LogP contribution >= 0.6 is 0 Å². The summed E-state index contributed by atoms with van der Waals surface area (Å²) in [5.74, 6) is 0.979. The number of amidine groups is 1. The molecule has 1 saturated heterocycles. The maximum absolute atomic E-state index is 8.87. The maximum Gasteiger partial charge on any atom is 0.174 e. The number of rotatable bonds is 2. The van der Waals surface area contributed by atoms with E-state index in [9.17, 15) is 0 Å². The fraction of sp³-hybridized carbons (Fsp3) is 0.500. The number of nitrogens with zero attached hydrogens (tertiary/aromatic N) is 3. The highest BCUT2D eigenvalue weighted by atomic mass is 16.4. The van der Waals surface area contributed by atoms with E-state index in [1.54, 1.807) is 0 Å². The van der Waals surface area contributed by atoms with Gasteiger partial charge >= 0.3 is 0 Å². The molecule has 1 fully saturated rings. The number of oxime groups is 1. The van der Waals surface area contributed by atoms with Gasteiger partial charge in [-0.3, -0.25) is 0 Å². The highest BCUT2D eigenvalue weighted by molar-refractivity contribution is 6.02. The molecule has 92 valence electrons. The third kappa shape index (κ3) is 2.18. The van der Waals surface area contributed by atoms with Crippen LogP contribution in [0.2, 0.25) is 0 Å². The zero-order valence-corrected chi connectivity index (χ0v) is 10.3. The van der Waals surface area contributed by atoms with Crippen molar-refractivity contribution in [1.82, 2.24) is 4.98 Å². The van der Waals surface area contributed by atoms with Gasteiger partial charge in [0.25, 0.3) is 0 Å². The molecule has 0 saturated carbocycles. The van der Waals surface area contributed by atoms with Crippen LogP contribution in [0.5, 0.6) is 0 Å². The third-order valence-corrected chi connectivity index (χ3v) is 3.10.